The van der Waals surface area contributed by atoms with Gasteiger partial charge in [-0.1, -0.05) is 36.4 Å². The highest BCUT2D eigenvalue weighted by Gasteiger charge is 2.17. The van der Waals surface area contributed by atoms with Crippen molar-refractivity contribution in [1.29, 1.82) is 0 Å². The third-order valence-corrected chi connectivity index (χ3v) is 5.49. The number of aryl methyl sites for hydroxylation is 1. The van der Waals surface area contributed by atoms with E-state index in [0.29, 0.717) is 0 Å². The average Bonchev–Trinajstić information content (AvgIpc) is 3.01. The topological polar surface area (TPSA) is 29.0 Å². The summed E-state index contributed by atoms with van der Waals surface area (Å²) in [5.41, 5.74) is 3.87. The standard InChI is InChI=1S/C17H21N3S2/c1-20-11-5-10-15(13-20)16-17(19-22-18-16)21-12-6-9-14-7-3-2-4-8-14/h2-4,7-8,10H,5-6,9,11-13H2,1H3. The minimum Gasteiger partial charge on any atom is -0.302 e. The number of likely N-dealkylation sites (N-methyl/N-ethyl adjacent to an activating group) is 1. The molecule has 0 atom stereocenters. The van der Waals surface area contributed by atoms with Gasteiger partial charge in [-0.05, 0) is 43.2 Å². The monoisotopic (exact) mass is 331 g/mol. The van der Waals surface area contributed by atoms with Crippen LogP contribution in [0.3, 0.4) is 0 Å². The number of thioether (sulfide) groups is 1. The van der Waals surface area contributed by atoms with Crippen LogP contribution in [0.1, 0.15) is 24.1 Å². The molecule has 0 aliphatic carbocycles. The number of benzene rings is 1. The molecule has 0 amide bonds. The van der Waals surface area contributed by atoms with E-state index in [1.54, 1.807) is 0 Å². The molecular formula is C17H21N3S2. The van der Waals surface area contributed by atoms with E-state index in [1.165, 1.54) is 29.3 Å². The molecule has 0 fully saturated rings. The van der Waals surface area contributed by atoms with Gasteiger partial charge in [-0.3, -0.25) is 0 Å². The molecular weight excluding hydrogens is 310 g/mol. The van der Waals surface area contributed by atoms with Crippen LogP contribution in [0.5, 0.6) is 0 Å². The first kappa shape index (κ1) is 15.7. The predicted octanol–water partition coefficient (Wildman–Crippen LogP) is 3.98. The molecule has 3 rings (SSSR count). The minimum absolute atomic E-state index is 0.989. The maximum absolute atomic E-state index is 4.53. The first-order chi connectivity index (χ1) is 10.8. The fourth-order valence-electron chi connectivity index (χ4n) is 2.63. The van der Waals surface area contributed by atoms with Crippen LogP contribution in [-0.4, -0.2) is 39.5 Å². The Morgan fingerprint density at radius 2 is 2.09 bits per heavy atom. The third kappa shape index (κ3) is 4.18. The van der Waals surface area contributed by atoms with Gasteiger partial charge in [0.25, 0.3) is 0 Å². The van der Waals surface area contributed by atoms with E-state index in [0.717, 1.165) is 42.4 Å². The normalized spacial score (nSPS) is 15.8. The van der Waals surface area contributed by atoms with Crippen molar-refractivity contribution >= 4 is 29.1 Å². The molecule has 22 heavy (non-hydrogen) atoms. The summed E-state index contributed by atoms with van der Waals surface area (Å²) < 4.78 is 9.02. The number of hydrogen-bond acceptors (Lipinski definition) is 5. The van der Waals surface area contributed by atoms with Crippen LogP contribution in [0, 0.1) is 0 Å². The fourth-order valence-corrected chi connectivity index (χ4v) is 4.28. The molecule has 0 bridgehead atoms. The molecule has 0 radical (unpaired) electrons. The van der Waals surface area contributed by atoms with Gasteiger partial charge in [0, 0.05) is 13.1 Å². The zero-order valence-electron chi connectivity index (χ0n) is 12.9. The van der Waals surface area contributed by atoms with Gasteiger partial charge < -0.3 is 4.90 Å². The maximum Gasteiger partial charge on any atom is 0.138 e. The van der Waals surface area contributed by atoms with Crippen LogP contribution >= 0.6 is 23.5 Å². The van der Waals surface area contributed by atoms with Crippen LogP contribution < -0.4 is 0 Å². The highest BCUT2D eigenvalue weighted by Crippen LogP contribution is 2.29. The number of hydrogen-bond donors (Lipinski definition) is 0. The summed E-state index contributed by atoms with van der Waals surface area (Å²) in [5, 5.41) is 1.11. The van der Waals surface area contributed by atoms with E-state index >= 15 is 0 Å². The van der Waals surface area contributed by atoms with Gasteiger partial charge in [0.1, 0.15) is 10.7 Å². The van der Waals surface area contributed by atoms with Crippen molar-refractivity contribution in [3.05, 3.63) is 47.7 Å². The molecule has 5 heteroatoms. The smallest absolute Gasteiger partial charge is 0.138 e. The zero-order valence-corrected chi connectivity index (χ0v) is 14.5. The second-order valence-corrected chi connectivity index (χ2v) is 7.22. The van der Waals surface area contributed by atoms with Gasteiger partial charge in [0.05, 0.1) is 11.7 Å². The molecule has 2 aromatic rings. The van der Waals surface area contributed by atoms with E-state index in [1.807, 2.05) is 11.8 Å². The van der Waals surface area contributed by atoms with E-state index in [9.17, 15) is 0 Å². The summed E-state index contributed by atoms with van der Waals surface area (Å²) >= 11 is 3.18. The molecule has 0 spiro atoms. The third-order valence-electron chi connectivity index (χ3n) is 3.80. The summed E-state index contributed by atoms with van der Waals surface area (Å²) in [5.74, 6) is 1.09. The summed E-state index contributed by atoms with van der Waals surface area (Å²) in [6, 6.07) is 10.7. The largest absolute Gasteiger partial charge is 0.302 e. The highest BCUT2D eigenvalue weighted by molar-refractivity contribution is 7.99. The first-order valence-corrected chi connectivity index (χ1v) is 9.42. The summed E-state index contributed by atoms with van der Waals surface area (Å²) in [7, 11) is 2.17. The SMILES string of the molecule is CN1CCC=C(c2nsnc2SCCCc2ccccc2)C1. The Balaban J connectivity index is 1.53. The Morgan fingerprint density at radius 1 is 1.23 bits per heavy atom. The second kappa shape index (κ2) is 7.90. The Hall–Kier alpha value is -1.17. The molecule has 116 valence electrons. The quantitative estimate of drug-likeness (QED) is 0.591. The highest BCUT2D eigenvalue weighted by atomic mass is 32.2. The lowest BCUT2D eigenvalue weighted by Gasteiger charge is -2.22. The summed E-state index contributed by atoms with van der Waals surface area (Å²) in [4.78, 5) is 2.35. The Kier molecular flexibility index (Phi) is 5.64. The second-order valence-electron chi connectivity index (χ2n) is 5.61. The fraction of sp³-hybridized carbons (Fsp3) is 0.412. The van der Waals surface area contributed by atoms with Crippen LogP contribution in [0.15, 0.2) is 41.4 Å². The summed E-state index contributed by atoms with van der Waals surface area (Å²) in [6.07, 6.45) is 5.74. The molecule has 3 nitrogen and oxygen atoms in total. The zero-order chi connectivity index (χ0) is 15.2. The lowest BCUT2D eigenvalue weighted by Crippen LogP contribution is -2.25. The molecule has 0 N–H and O–H groups in total. The van der Waals surface area contributed by atoms with Crippen LogP contribution in [0.25, 0.3) is 5.57 Å². The van der Waals surface area contributed by atoms with Crippen molar-refractivity contribution in [2.24, 2.45) is 0 Å². The van der Waals surface area contributed by atoms with Crippen molar-refractivity contribution in [2.45, 2.75) is 24.3 Å². The Labute approximate surface area is 140 Å². The minimum atomic E-state index is 0.989. The molecule has 1 aromatic heterocycles. The lowest BCUT2D eigenvalue weighted by atomic mass is 10.1. The molecule has 1 aliphatic rings. The maximum atomic E-state index is 4.53. The van der Waals surface area contributed by atoms with Gasteiger partial charge in [-0.25, -0.2) is 0 Å². The molecule has 1 aromatic carbocycles. The van der Waals surface area contributed by atoms with Crippen LogP contribution in [-0.2, 0) is 6.42 Å². The number of aromatic nitrogens is 2. The molecule has 0 saturated heterocycles. The van der Waals surface area contributed by atoms with Gasteiger partial charge >= 0.3 is 0 Å². The molecule has 0 saturated carbocycles. The van der Waals surface area contributed by atoms with Gasteiger partial charge in [0.15, 0.2) is 0 Å². The van der Waals surface area contributed by atoms with Crippen molar-refractivity contribution in [3.63, 3.8) is 0 Å². The molecule has 1 aliphatic heterocycles. The van der Waals surface area contributed by atoms with Crippen molar-refractivity contribution < 1.29 is 0 Å². The Bertz CT molecular complexity index is 622. The van der Waals surface area contributed by atoms with Crippen LogP contribution in [0.4, 0.5) is 0 Å². The number of rotatable bonds is 6. The van der Waals surface area contributed by atoms with E-state index in [2.05, 4.69) is 57.1 Å². The van der Waals surface area contributed by atoms with Gasteiger partial charge in [0.2, 0.25) is 0 Å². The van der Waals surface area contributed by atoms with Gasteiger partial charge in [-0.2, -0.15) is 8.75 Å². The molecule has 2 heterocycles. The Morgan fingerprint density at radius 3 is 2.91 bits per heavy atom. The predicted molar refractivity (Wildman–Crippen MR) is 95.5 cm³/mol. The van der Waals surface area contributed by atoms with Crippen molar-refractivity contribution in [3.8, 4) is 0 Å². The number of nitrogens with zero attached hydrogens (tertiary/aromatic N) is 3. The van der Waals surface area contributed by atoms with E-state index < -0.39 is 0 Å². The first-order valence-electron chi connectivity index (χ1n) is 7.70. The van der Waals surface area contributed by atoms with Gasteiger partial charge in [-0.15, -0.1) is 11.8 Å². The molecule has 0 unspecified atom stereocenters. The van der Waals surface area contributed by atoms with Crippen molar-refractivity contribution in [1.82, 2.24) is 13.6 Å². The van der Waals surface area contributed by atoms with Crippen LogP contribution in [0.2, 0.25) is 0 Å². The summed E-state index contributed by atoms with van der Waals surface area (Å²) in [6.45, 7) is 2.13. The van der Waals surface area contributed by atoms with E-state index in [-0.39, 0.29) is 0 Å². The lowest BCUT2D eigenvalue weighted by molar-refractivity contribution is 0.372. The average molecular weight is 332 g/mol. The van der Waals surface area contributed by atoms with Crippen molar-refractivity contribution in [2.75, 3.05) is 25.9 Å². The van der Waals surface area contributed by atoms with E-state index in [4.69, 9.17) is 0 Å².